The SMILES string of the molecule is CC12C=CC=CC1c1ccc(N(c3ccccc3)c3ccc(-c4ccc(N(c5ccccc5)c5ccc6c7ccccc7n(-c7ccccc7)c6c5)cc4)cc3)cc1N2c1ccccc1. The highest BCUT2D eigenvalue weighted by Crippen LogP contribution is 2.55. The van der Waals surface area contributed by atoms with Crippen LogP contribution in [0.4, 0.5) is 45.5 Å². The van der Waals surface area contributed by atoms with Crippen molar-refractivity contribution in [1.82, 2.24) is 4.57 Å². The van der Waals surface area contributed by atoms with E-state index in [-0.39, 0.29) is 11.5 Å². The van der Waals surface area contributed by atoms with Crippen molar-refractivity contribution in [2.24, 2.45) is 0 Å². The maximum absolute atomic E-state index is 2.52. The standard InChI is InChI=1S/C61H46N4/c1-61-41-17-16-27-57(61)56-40-38-53(43-60(56)65(61)51-24-12-5-13-25-51)63(47-20-8-3-9-21-47)50-35-31-45(32-36-50)44-29-33-49(34-30-44)62(46-18-6-2-7-19-46)52-37-39-55-54-26-14-15-28-58(54)64(59(55)42-52)48-22-10-4-11-23-48/h2-43,57H,1H3. The van der Waals surface area contributed by atoms with Gasteiger partial charge in [-0.3, -0.25) is 0 Å². The summed E-state index contributed by atoms with van der Waals surface area (Å²) >= 11 is 0. The number of allylic oxidation sites excluding steroid dienone is 2. The van der Waals surface area contributed by atoms with E-state index in [1.165, 1.54) is 38.7 Å². The summed E-state index contributed by atoms with van der Waals surface area (Å²) in [6, 6.07) is 83.4. The Labute approximate surface area is 380 Å². The van der Waals surface area contributed by atoms with Crippen LogP contribution >= 0.6 is 0 Å². The van der Waals surface area contributed by atoms with E-state index in [0.29, 0.717) is 0 Å². The minimum Gasteiger partial charge on any atom is -0.331 e. The van der Waals surface area contributed by atoms with Crippen LogP contribution in [0.5, 0.6) is 0 Å². The summed E-state index contributed by atoms with van der Waals surface area (Å²) in [5.74, 6) is 0.253. The molecule has 0 fully saturated rings. The first-order chi connectivity index (χ1) is 32.1. The van der Waals surface area contributed by atoms with Crippen LogP contribution in [-0.4, -0.2) is 10.1 Å². The predicted octanol–water partition coefficient (Wildman–Crippen LogP) is 16.5. The Morgan fingerprint density at radius 2 is 0.877 bits per heavy atom. The molecule has 0 saturated heterocycles. The zero-order valence-electron chi connectivity index (χ0n) is 36.1. The number of nitrogens with zero attached hydrogens (tertiary/aromatic N) is 4. The topological polar surface area (TPSA) is 14.7 Å². The monoisotopic (exact) mass is 834 g/mol. The van der Waals surface area contributed by atoms with Crippen LogP contribution in [0.15, 0.2) is 255 Å². The van der Waals surface area contributed by atoms with E-state index in [4.69, 9.17) is 0 Å². The van der Waals surface area contributed by atoms with E-state index in [2.05, 4.69) is 281 Å². The van der Waals surface area contributed by atoms with E-state index in [1.807, 2.05) is 0 Å². The maximum atomic E-state index is 2.52. The van der Waals surface area contributed by atoms with Crippen LogP contribution in [0.3, 0.4) is 0 Å². The Morgan fingerprint density at radius 3 is 1.49 bits per heavy atom. The number of anilines is 8. The summed E-state index contributed by atoms with van der Waals surface area (Å²) in [5, 5.41) is 2.48. The number of hydrogen-bond acceptors (Lipinski definition) is 3. The molecule has 1 aromatic heterocycles. The lowest BCUT2D eigenvalue weighted by Crippen LogP contribution is -2.41. The van der Waals surface area contributed by atoms with Gasteiger partial charge in [-0.2, -0.15) is 0 Å². The Kier molecular flexibility index (Phi) is 9.31. The van der Waals surface area contributed by atoms with Crippen molar-refractivity contribution in [2.45, 2.75) is 18.4 Å². The van der Waals surface area contributed by atoms with Crippen molar-refractivity contribution >= 4 is 67.3 Å². The molecule has 2 atom stereocenters. The largest absolute Gasteiger partial charge is 0.331 e. The van der Waals surface area contributed by atoms with E-state index < -0.39 is 0 Å². The summed E-state index contributed by atoms with van der Waals surface area (Å²) in [5.41, 5.74) is 16.0. The van der Waals surface area contributed by atoms with Gasteiger partial charge in [-0.25, -0.2) is 0 Å². The second-order valence-corrected chi connectivity index (χ2v) is 17.2. The average molecular weight is 835 g/mol. The number of rotatable bonds is 9. The molecule has 2 unspecified atom stereocenters. The second-order valence-electron chi connectivity index (χ2n) is 17.2. The summed E-state index contributed by atoms with van der Waals surface area (Å²) in [4.78, 5) is 7.25. The fraction of sp³-hybridized carbons (Fsp3) is 0.0492. The third-order valence-corrected chi connectivity index (χ3v) is 13.4. The summed E-state index contributed by atoms with van der Waals surface area (Å²) < 4.78 is 2.38. The van der Waals surface area contributed by atoms with Crippen LogP contribution < -0.4 is 14.7 Å². The van der Waals surface area contributed by atoms with Crippen LogP contribution in [-0.2, 0) is 0 Å². The van der Waals surface area contributed by atoms with Crippen molar-refractivity contribution in [3.63, 3.8) is 0 Å². The van der Waals surface area contributed by atoms with Gasteiger partial charge in [0, 0.05) is 67.9 Å². The first kappa shape index (κ1) is 38.3. The molecule has 0 radical (unpaired) electrons. The number of hydrogen-bond donors (Lipinski definition) is 0. The fourth-order valence-electron chi connectivity index (χ4n) is 10.3. The molecule has 12 rings (SSSR count). The molecule has 0 spiro atoms. The van der Waals surface area contributed by atoms with Crippen LogP contribution in [0.1, 0.15) is 18.4 Å². The van der Waals surface area contributed by atoms with Gasteiger partial charge in [0.15, 0.2) is 0 Å². The van der Waals surface area contributed by atoms with Gasteiger partial charge in [-0.15, -0.1) is 0 Å². The number of aromatic nitrogens is 1. The van der Waals surface area contributed by atoms with Crippen LogP contribution in [0.25, 0.3) is 38.6 Å². The molecule has 4 nitrogen and oxygen atoms in total. The van der Waals surface area contributed by atoms with E-state index in [9.17, 15) is 0 Å². The van der Waals surface area contributed by atoms with Crippen molar-refractivity contribution < 1.29 is 0 Å². The van der Waals surface area contributed by atoms with Crippen molar-refractivity contribution in [1.29, 1.82) is 0 Å². The molecule has 0 N–H and O–H groups in total. The third kappa shape index (κ3) is 6.53. The zero-order chi connectivity index (χ0) is 43.3. The molecule has 4 heteroatoms. The molecule has 1 aliphatic heterocycles. The molecule has 65 heavy (non-hydrogen) atoms. The number of para-hydroxylation sites is 5. The van der Waals surface area contributed by atoms with E-state index >= 15 is 0 Å². The maximum Gasteiger partial charge on any atom is 0.0712 e. The predicted molar refractivity (Wildman–Crippen MR) is 274 cm³/mol. The second kappa shape index (κ2) is 15.8. The smallest absolute Gasteiger partial charge is 0.0712 e. The van der Waals surface area contributed by atoms with Gasteiger partial charge in [0.1, 0.15) is 0 Å². The quantitative estimate of drug-likeness (QED) is 0.144. The number of benzene rings is 9. The number of fused-ring (bicyclic) bond motifs is 6. The normalized spacial score (nSPS) is 16.1. The van der Waals surface area contributed by atoms with Crippen molar-refractivity contribution in [3.8, 4) is 16.8 Å². The third-order valence-electron chi connectivity index (χ3n) is 13.4. The van der Waals surface area contributed by atoms with E-state index in [1.54, 1.807) is 0 Å². The first-order valence-corrected chi connectivity index (χ1v) is 22.5. The van der Waals surface area contributed by atoms with Gasteiger partial charge < -0.3 is 19.3 Å². The fourth-order valence-corrected chi connectivity index (χ4v) is 10.3. The van der Waals surface area contributed by atoms with Gasteiger partial charge in [0.05, 0.1) is 16.6 Å². The molecule has 2 aliphatic rings. The van der Waals surface area contributed by atoms with Crippen LogP contribution in [0, 0.1) is 0 Å². The summed E-state index contributed by atoms with van der Waals surface area (Å²) in [6.45, 7) is 2.36. The Hall–Kier alpha value is -8.34. The molecule has 2 heterocycles. The molecule has 0 bridgehead atoms. The highest BCUT2D eigenvalue weighted by molar-refractivity contribution is 6.10. The van der Waals surface area contributed by atoms with Crippen LogP contribution in [0.2, 0.25) is 0 Å². The molecule has 0 saturated carbocycles. The minimum absolute atomic E-state index is 0.207. The van der Waals surface area contributed by atoms with Crippen molar-refractivity contribution in [3.05, 3.63) is 260 Å². The Morgan fingerprint density at radius 1 is 0.400 bits per heavy atom. The highest BCUT2D eigenvalue weighted by atomic mass is 15.2. The Balaban J connectivity index is 0.900. The van der Waals surface area contributed by atoms with E-state index in [0.717, 1.165) is 50.9 Å². The summed E-state index contributed by atoms with van der Waals surface area (Å²) in [6.07, 6.45) is 9.09. The molecule has 9 aromatic carbocycles. The molecule has 1 aliphatic carbocycles. The molecule has 310 valence electrons. The molecular formula is C61H46N4. The summed E-state index contributed by atoms with van der Waals surface area (Å²) in [7, 11) is 0. The minimum atomic E-state index is -0.207. The van der Waals surface area contributed by atoms with Gasteiger partial charge >= 0.3 is 0 Å². The highest BCUT2D eigenvalue weighted by Gasteiger charge is 2.47. The lowest BCUT2D eigenvalue weighted by atomic mass is 9.80. The van der Waals surface area contributed by atoms with Gasteiger partial charge in [0.25, 0.3) is 0 Å². The molecule has 0 amide bonds. The lowest BCUT2D eigenvalue weighted by molar-refractivity contribution is 0.542. The lowest BCUT2D eigenvalue weighted by Gasteiger charge is -2.39. The van der Waals surface area contributed by atoms with Gasteiger partial charge in [0.2, 0.25) is 0 Å². The molecule has 10 aromatic rings. The zero-order valence-corrected chi connectivity index (χ0v) is 36.1. The average Bonchev–Trinajstić information content (AvgIpc) is 3.84. The van der Waals surface area contributed by atoms with Gasteiger partial charge in [-0.1, -0.05) is 152 Å². The van der Waals surface area contributed by atoms with Gasteiger partial charge in [-0.05, 0) is 127 Å². The molecular weight excluding hydrogens is 789 g/mol. The Bertz CT molecular complexity index is 3380. The van der Waals surface area contributed by atoms with Crippen molar-refractivity contribution in [2.75, 3.05) is 14.7 Å². The first-order valence-electron chi connectivity index (χ1n) is 22.5.